The van der Waals surface area contributed by atoms with Gasteiger partial charge in [0.2, 0.25) is 0 Å². The molecule has 0 aromatic rings. The summed E-state index contributed by atoms with van der Waals surface area (Å²) in [6, 6.07) is -0.566. The average molecular weight is 167 g/mol. The molecule has 0 saturated heterocycles. The van der Waals surface area contributed by atoms with E-state index in [4.69, 9.17) is 5.73 Å². The summed E-state index contributed by atoms with van der Waals surface area (Å²) in [5.74, 6) is 1.50. The molecule has 0 radical (unpaired) electrons. The van der Waals surface area contributed by atoms with Gasteiger partial charge in [0, 0.05) is 11.6 Å². The molecule has 2 atom stereocenters. The van der Waals surface area contributed by atoms with Crippen LogP contribution >= 0.6 is 0 Å². The molecule has 2 rings (SSSR count). The number of carbonyl (C=O) groups is 1. The number of nitrogens with zero attached hydrogens (tertiary/aromatic N) is 1. The Morgan fingerprint density at radius 3 is 3.08 bits per heavy atom. The molecule has 66 valence electrons. The lowest BCUT2D eigenvalue weighted by atomic mass is 9.74. The number of rotatable bonds is 1. The lowest BCUT2D eigenvalue weighted by molar-refractivity contribution is 0.249. The number of carbonyl (C=O) groups excluding carboxylic acids is 1. The second kappa shape index (κ2) is 2.77. The molecule has 2 unspecified atom stereocenters. The maximum Gasteiger partial charge on any atom is 0.332 e. The number of amides is 2. The molecule has 4 heteroatoms. The zero-order chi connectivity index (χ0) is 8.55. The highest BCUT2D eigenvalue weighted by Gasteiger charge is 2.40. The quantitative estimate of drug-likeness (QED) is 0.558. The van der Waals surface area contributed by atoms with Crippen LogP contribution in [0.4, 0.5) is 4.79 Å². The van der Waals surface area contributed by atoms with Crippen LogP contribution in [0, 0.1) is 11.8 Å². The third-order valence-electron chi connectivity index (χ3n) is 2.87. The lowest BCUT2D eigenvalue weighted by Crippen LogP contribution is -2.36. The number of nitrogens with two attached hydrogens (primary N) is 1. The van der Waals surface area contributed by atoms with Crippen LogP contribution in [-0.2, 0) is 0 Å². The summed E-state index contributed by atoms with van der Waals surface area (Å²) in [7, 11) is 0. The second-order valence-electron chi connectivity index (χ2n) is 3.58. The zero-order valence-corrected chi connectivity index (χ0v) is 6.92. The number of nitrogens with one attached hydrogen (secondary N) is 1. The SMILES string of the molecule is NC(=O)N/N=C1\CC2CCCC12. The van der Waals surface area contributed by atoms with Crippen molar-refractivity contribution in [3.63, 3.8) is 0 Å². The summed E-state index contributed by atoms with van der Waals surface area (Å²) >= 11 is 0. The Hall–Kier alpha value is -1.06. The first-order valence-corrected chi connectivity index (χ1v) is 4.39. The fraction of sp³-hybridized carbons (Fsp3) is 0.750. The van der Waals surface area contributed by atoms with Gasteiger partial charge in [-0.2, -0.15) is 5.10 Å². The first-order chi connectivity index (χ1) is 5.77. The topological polar surface area (TPSA) is 67.5 Å². The summed E-state index contributed by atoms with van der Waals surface area (Å²) < 4.78 is 0. The molecule has 12 heavy (non-hydrogen) atoms. The summed E-state index contributed by atoms with van der Waals surface area (Å²) in [6.07, 6.45) is 4.94. The molecule has 2 fully saturated rings. The molecule has 0 bridgehead atoms. The Labute approximate surface area is 71.2 Å². The molecule has 2 amide bonds. The molecule has 0 aromatic heterocycles. The van der Waals surface area contributed by atoms with Gasteiger partial charge < -0.3 is 5.73 Å². The van der Waals surface area contributed by atoms with E-state index in [0.29, 0.717) is 5.92 Å². The van der Waals surface area contributed by atoms with Crippen molar-refractivity contribution in [3.8, 4) is 0 Å². The maximum atomic E-state index is 10.3. The van der Waals surface area contributed by atoms with Crippen LogP contribution < -0.4 is 11.2 Å². The number of primary amides is 1. The van der Waals surface area contributed by atoms with Crippen molar-refractivity contribution >= 4 is 11.7 Å². The van der Waals surface area contributed by atoms with Crippen molar-refractivity contribution in [1.82, 2.24) is 5.43 Å². The summed E-state index contributed by atoms with van der Waals surface area (Å²) in [6.45, 7) is 0. The average Bonchev–Trinajstić information content (AvgIpc) is 2.32. The van der Waals surface area contributed by atoms with Gasteiger partial charge in [0.05, 0.1) is 0 Å². The Morgan fingerprint density at radius 1 is 1.58 bits per heavy atom. The van der Waals surface area contributed by atoms with E-state index in [9.17, 15) is 4.79 Å². The van der Waals surface area contributed by atoms with Crippen molar-refractivity contribution in [3.05, 3.63) is 0 Å². The van der Waals surface area contributed by atoms with Crippen LogP contribution in [0.2, 0.25) is 0 Å². The van der Waals surface area contributed by atoms with E-state index in [1.165, 1.54) is 19.3 Å². The van der Waals surface area contributed by atoms with Crippen molar-refractivity contribution in [2.24, 2.45) is 22.7 Å². The number of fused-ring (bicyclic) bond motifs is 1. The van der Waals surface area contributed by atoms with Crippen LogP contribution in [0.1, 0.15) is 25.7 Å². The zero-order valence-electron chi connectivity index (χ0n) is 6.92. The van der Waals surface area contributed by atoms with E-state index in [1.54, 1.807) is 0 Å². The maximum absolute atomic E-state index is 10.3. The van der Waals surface area contributed by atoms with Crippen molar-refractivity contribution in [2.75, 3.05) is 0 Å². The Morgan fingerprint density at radius 2 is 2.42 bits per heavy atom. The molecular formula is C8H13N3O. The third-order valence-corrected chi connectivity index (χ3v) is 2.87. The normalized spacial score (nSPS) is 35.8. The van der Waals surface area contributed by atoms with E-state index in [1.807, 2.05) is 0 Å². The van der Waals surface area contributed by atoms with Gasteiger partial charge in [0.1, 0.15) is 0 Å². The van der Waals surface area contributed by atoms with Crippen LogP contribution in [-0.4, -0.2) is 11.7 Å². The van der Waals surface area contributed by atoms with E-state index in [0.717, 1.165) is 18.1 Å². The number of hydrogen-bond donors (Lipinski definition) is 2. The third kappa shape index (κ3) is 1.17. The molecular weight excluding hydrogens is 154 g/mol. The first-order valence-electron chi connectivity index (χ1n) is 4.39. The summed E-state index contributed by atoms with van der Waals surface area (Å²) in [4.78, 5) is 10.3. The van der Waals surface area contributed by atoms with Gasteiger partial charge in [0.15, 0.2) is 0 Å². The monoisotopic (exact) mass is 167 g/mol. The lowest BCUT2D eigenvalue weighted by Gasteiger charge is -2.31. The van der Waals surface area contributed by atoms with E-state index in [-0.39, 0.29) is 0 Å². The minimum absolute atomic E-state index is 0.566. The van der Waals surface area contributed by atoms with Gasteiger partial charge >= 0.3 is 6.03 Å². The van der Waals surface area contributed by atoms with Crippen LogP contribution in [0.15, 0.2) is 5.10 Å². The highest BCUT2D eigenvalue weighted by molar-refractivity contribution is 5.93. The van der Waals surface area contributed by atoms with E-state index < -0.39 is 6.03 Å². The molecule has 0 heterocycles. The molecule has 0 spiro atoms. The van der Waals surface area contributed by atoms with Crippen LogP contribution in [0.3, 0.4) is 0 Å². The standard InChI is InChI=1S/C8H13N3O/c9-8(12)11-10-7-4-5-2-1-3-6(5)7/h5-6H,1-4H2,(H3,9,11,12)/b10-7+. The molecule has 0 aromatic carbocycles. The molecule has 0 aliphatic heterocycles. The Bertz CT molecular complexity index is 236. The Kier molecular flexibility index (Phi) is 1.75. The molecule has 2 aliphatic rings. The molecule has 2 saturated carbocycles. The Balaban J connectivity index is 1.91. The fourth-order valence-corrected chi connectivity index (χ4v) is 2.23. The number of hydrogen-bond acceptors (Lipinski definition) is 2. The van der Waals surface area contributed by atoms with Gasteiger partial charge in [0.25, 0.3) is 0 Å². The number of urea groups is 1. The van der Waals surface area contributed by atoms with Crippen molar-refractivity contribution in [1.29, 1.82) is 0 Å². The van der Waals surface area contributed by atoms with E-state index >= 15 is 0 Å². The van der Waals surface area contributed by atoms with Crippen molar-refractivity contribution in [2.45, 2.75) is 25.7 Å². The van der Waals surface area contributed by atoms with Gasteiger partial charge in [-0.1, -0.05) is 6.42 Å². The summed E-state index contributed by atoms with van der Waals surface area (Å²) in [5.41, 5.74) is 8.32. The fourth-order valence-electron chi connectivity index (χ4n) is 2.23. The summed E-state index contributed by atoms with van der Waals surface area (Å²) in [5, 5.41) is 3.96. The highest BCUT2D eigenvalue weighted by Crippen LogP contribution is 2.44. The highest BCUT2D eigenvalue weighted by atomic mass is 16.2. The molecule has 2 aliphatic carbocycles. The minimum Gasteiger partial charge on any atom is -0.350 e. The van der Waals surface area contributed by atoms with Gasteiger partial charge in [-0.15, -0.1) is 0 Å². The largest absolute Gasteiger partial charge is 0.350 e. The van der Waals surface area contributed by atoms with Crippen molar-refractivity contribution < 1.29 is 4.79 Å². The van der Waals surface area contributed by atoms with Gasteiger partial charge in [-0.05, 0) is 25.2 Å². The minimum atomic E-state index is -0.566. The second-order valence-corrected chi connectivity index (χ2v) is 3.58. The smallest absolute Gasteiger partial charge is 0.332 e. The van der Waals surface area contributed by atoms with Gasteiger partial charge in [-0.25, -0.2) is 10.2 Å². The molecule has 3 N–H and O–H groups in total. The van der Waals surface area contributed by atoms with Crippen LogP contribution in [0.25, 0.3) is 0 Å². The van der Waals surface area contributed by atoms with Crippen LogP contribution in [0.5, 0.6) is 0 Å². The van der Waals surface area contributed by atoms with Gasteiger partial charge in [-0.3, -0.25) is 0 Å². The molecule has 4 nitrogen and oxygen atoms in total. The number of hydrazone groups is 1. The van der Waals surface area contributed by atoms with E-state index in [2.05, 4.69) is 10.5 Å². The predicted molar refractivity (Wildman–Crippen MR) is 45.6 cm³/mol. The predicted octanol–water partition coefficient (Wildman–Crippen LogP) is 0.831. The first kappa shape index (κ1) is 7.58.